The zero-order chi connectivity index (χ0) is 20.5. The molecule has 0 unspecified atom stereocenters. The average molecular weight is 388 g/mol. The molecule has 9 nitrogen and oxygen atoms in total. The van der Waals surface area contributed by atoms with E-state index in [1.807, 2.05) is 24.3 Å². The van der Waals surface area contributed by atoms with Crippen LogP contribution >= 0.6 is 0 Å². The number of amides is 1. The van der Waals surface area contributed by atoms with Gasteiger partial charge in [0, 0.05) is 12.6 Å². The van der Waals surface area contributed by atoms with Crippen LogP contribution in [0.25, 0.3) is 0 Å². The highest BCUT2D eigenvalue weighted by molar-refractivity contribution is 5.90. The molecule has 0 saturated carbocycles. The van der Waals surface area contributed by atoms with Gasteiger partial charge < -0.3 is 19.5 Å². The lowest BCUT2D eigenvalue weighted by Crippen LogP contribution is -2.30. The number of methoxy groups -OCH3 is 2. The van der Waals surface area contributed by atoms with E-state index in [2.05, 4.69) is 10.1 Å². The molecule has 0 aliphatic carbocycles. The number of carbonyl (C=O) groups is 2. The minimum atomic E-state index is -0.705. The monoisotopic (exact) mass is 388 g/mol. The smallest absolute Gasteiger partial charge is 0.338 e. The van der Waals surface area contributed by atoms with Gasteiger partial charge in [-0.25, -0.2) is 4.79 Å². The number of rotatable bonds is 9. The Labute approximate surface area is 161 Å². The van der Waals surface area contributed by atoms with Crippen molar-refractivity contribution in [2.75, 3.05) is 27.4 Å². The Morgan fingerprint density at radius 1 is 1.11 bits per heavy atom. The van der Waals surface area contributed by atoms with Crippen LogP contribution in [0.3, 0.4) is 0 Å². The van der Waals surface area contributed by atoms with Crippen LogP contribution in [0.15, 0.2) is 42.5 Å². The highest BCUT2D eigenvalue weighted by atomic mass is 16.6. The van der Waals surface area contributed by atoms with E-state index >= 15 is 0 Å². The van der Waals surface area contributed by atoms with Crippen LogP contribution in [0.5, 0.6) is 11.5 Å². The predicted octanol–water partition coefficient (Wildman–Crippen LogP) is 2.13. The predicted molar refractivity (Wildman–Crippen MR) is 99.6 cm³/mol. The first-order valence-corrected chi connectivity index (χ1v) is 8.34. The number of nitro groups is 1. The topological polar surface area (TPSA) is 117 Å². The summed E-state index contributed by atoms with van der Waals surface area (Å²) in [5.41, 5.74) is 0.535. The maximum Gasteiger partial charge on any atom is 0.338 e. The fraction of sp³-hybridized carbons (Fsp3) is 0.263. The first-order chi connectivity index (χ1) is 13.5. The average Bonchev–Trinajstić information content (AvgIpc) is 2.71. The molecule has 2 rings (SSSR count). The molecule has 28 heavy (non-hydrogen) atoms. The van der Waals surface area contributed by atoms with Crippen molar-refractivity contribution in [1.82, 2.24) is 5.32 Å². The highest BCUT2D eigenvalue weighted by Gasteiger charge is 2.20. The van der Waals surface area contributed by atoms with E-state index in [4.69, 9.17) is 9.47 Å². The fourth-order valence-corrected chi connectivity index (χ4v) is 2.47. The van der Waals surface area contributed by atoms with Gasteiger partial charge in [0.2, 0.25) is 0 Å². The van der Waals surface area contributed by atoms with Gasteiger partial charge in [-0.05, 0) is 30.2 Å². The summed E-state index contributed by atoms with van der Waals surface area (Å²) < 4.78 is 15.0. The van der Waals surface area contributed by atoms with Gasteiger partial charge in [0.25, 0.3) is 5.91 Å². The van der Waals surface area contributed by atoms with Crippen molar-refractivity contribution < 1.29 is 28.7 Å². The molecular formula is C19H20N2O7. The maximum absolute atomic E-state index is 12.0. The van der Waals surface area contributed by atoms with Crippen molar-refractivity contribution in [3.63, 3.8) is 0 Å². The molecule has 2 aromatic carbocycles. The van der Waals surface area contributed by atoms with E-state index in [0.29, 0.717) is 13.0 Å². The Hall–Kier alpha value is -3.62. The second-order valence-corrected chi connectivity index (χ2v) is 5.63. The molecule has 9 heteroatoms. The molecule has 1 amide bonds. The van der Waals surface area contributed by atoms with Crippen LogP contribution in [0, 0.1) is 10.1 Å². The molecule has 0 spiro atoms. The SMILES string of the molecule is COC(=O)c1ccc(OCC(=O)NCCc2ccccc2OC)c([N+](=O)[O-])c1. The van der Waals surface area contributed by atoms with Gasteiger partial charge in [0.1, 0.15) is 5.75 Å². The molecule has 0 bridgehead atoms. The standard InChI is InChI=1S/C19H20N2O7/c1-26-16-6-4-3-5-13(16)9-10-20-18(22)12-28-17-8-7-14(19(23)27-2)11-15(17)21(24)25/h3-8,11H,9-10,12H2,1-2H3,(H,20,22). The van der Waals surface area contributed by atoms with E-state index in [0.717, 1.165) is 17.4 Å². The lowest BCUT2D eigenvalue weighted by molar-refractivity contribution is -0.385. The quantitative estimate of drug-likeness (QED) is 0.397. The van der Waals surface area contributed by atoms with Crippen LogP contribution < -0.4 is 14.8 Å². The molecule has 0 heterocycles. The van der Waals surface area contributed by atoms with Crippen LogP contribution in [-0.2, 0) is 16.0 Å². The second kappa shape index (κ2) is 9.91. The number of para-hydroxylation sites is 1. The molecule has 1 N–H and O–H groups in total. The number of benzene rings is 2. The summed E-state index contributed by atoms with van der Waals surface area (Å²) >= 11 is 0. The van der Waals surface area contributed by atoms with E-state index in [1.165, 1.54) is 19.2 Å². The number of ether oxygens (including phenoxy) is 3. The number of hydrogen-bond acceptors (Lipinski definition) is 7. The fourth-order valence-electron chi connectivity index (χ4n) is 2.47. The third kappa shape index (κ3) is 5.44. The van der Waals surface area contributed by atoms with Gasteiger partial charge in [-0.3, -0.25) is 14.9 Å². The molecule has 0 saturated heterocycles. The molecule has 0 atom stereocenters. The Kier molecular flexibility index (Phi) is 7.32. The third-order valence-electron chi connectivity index (χ3n) is 3.84. The van der Waals surface area contributed by atoms with Gasteiger partial charge in [-0.15, -0.1) is 0 Å². The van der Waals surface area contributed by atoms with Crippen LogP contribution in [0.2, 0.25) is 0 Å². The molecule has 0 radical (unpaired) electrons. The van der Waals surface area contributed by atoms with Crippen molar-refractivity contribution in [2.45, 2.75) is 6.42 Å². The normalized spacial score (nSPS) is 10.1. The number of carbonyl (C=O) groups excluding carboxylic acids is 2. The maximum atomic E-state index is 12.0. The van der Waals surface area contributed by atoms with E-state index in [1.54, 1.807) is 7.11 Å². The Morgan fingerprint density at radius 2 is 1.86 bits per heavy atom. The number of nitrogens with zero attached hydrogens (tertiary/aromatic N) is 1. The molecule has 0 fully saturated rings. The van der Waals surface area contributed by atoms with Crippen LogP contribution in [0.4, 0.5) is 5.69 Å². The van der Waals surface area contributed by atoms with Gasteiger partial charge in [0.05, 0.1) is 24.7 Å². The second-order valence-electron chi connectivity index (χ2n) is 5.63. The van der Waals surface area contributed by atoms with E-state index < -0.39 is 29.1 Å². The van der Waals surface area contributed by atoms with E-state index in [-0.39, 0.29) is 11.3 Å². The summed E-state index contributed by atoms with van der Waals surface area (Å²) in [6.07, 6.45) is 0.559. The summed E-state index contributed by atoms with van der Waals surface area (Å²) in [6, 6.07) is 11.1. The van der Waals surface area contributed by atoms with Crippen molar-refractivity contribution >= 4 is 17.6 Å². The van der Waals surface area contributed by atoms with E-state index in [9.17, 15) is 19.7 Å². The lowest BCUT2D eigenvalue weighted by atomic mass is 10.1. The number of esters is 1. The van der Waals surface area contributed by atoms with Gasteiger partial charge >= 0.3 is 11.7 Å². The number of hydrogen-bond donors (Lipinski definition) is 1. The molecular weight excluding hydrogens is 368 g/mol. The summed E-state index contributed by atoms with van der Waals surface area (Å²) in [5.74, 6) is -0.517. The Balaban J connectivity index is 1.91. The molecule has 148 valence electrons. The minimum absolute atomic E-state index is 0.0165. The number of nitrogens with one attached hydrogen (secondary N) is 1. The lowest BCUT2D eigenvalue weighted by Gasteiger charge is -2.10. The molecule has 2 aromatic rings. The van der Waals surface area contributed by atoms with Crippen molar-refractivity contribution in [2.24, 2.45) is 0 Å². The highest BCUT2D eigenvalue weighted by Crippen LogP contribution is 2.28. The molecule has 0 aromatic heterocycles. The van der Waals surface area contributed by atoms with Crippen LogP contribution in [-0.4, -0.2) is 44.2 Å². The Bertz CT molecular complexity index is 867. The first kappa shape index (κ1) is 20.7. The zero-order valence-corrected chi connectivity index (χ0v) is 15.5. The van der Waals surface area contributed by atoms with Gasteiger partial charge in [-0.2, -0.15) is 0 Å². The van der Waals surface area contributed by atoms with Gasteiger partial charge in [-0.1, -0.05) is 18.2 Å². The van der Waals surface area contributed by atoms with Crippen molar-refractivity contribution in [3.8, 4) is 11.5 Å². The number of nitro benzene ring substituents is 1. The summed E-state index contributed by atoms with van der Waals surface area (Å²) in [6.45, 7) is -0.0454. The molecule has 0 aliphatic rings. The molecule has 0 aliphatic heterocycles. The zero-order valence-electron chi connectivity index (χ0n) is 15.5. The summed E-state index contributed by atoms with van der Waals surface area (Å²) in [5, 5.41) is 13.9. The largest absolute Gasteiger partial charge is 0.496 e. The third-order valence-corrected chi connectivity index (χ3v) is 3.84. The Morgan fingerprint density at radius 3 is 2.54 bits per heavy atom. The van der Waals surface area contributed by atoms with Crippen molar-refractivity contribution in [1.29, 1.82) is 0 Å². The summed E-state index contributed by atoms with van der Waals surface area (Å²) in [7, 11) is 2.75. The van der Waals surface area contributed by atoms with Crippen LogP contribution in [0.1, 0.15) is 15.9 Å². The van der Waals surface area contributed by atoms with Gasteiger partial charge in [0.15, 0.2) is 12.4 Å². The first-order valence-electron chi connectivity index (χ1n) is 8.34. The van der Waals surface area contributed by atoms with Crippen molar-refractivity contribution in [3.05, 3.63) is 63.7 Å². The summed E-state index contributed by atoms with van der Waals surface area (Å²) in [4.78, 5) is 33.9. The minimum Gasteiger partial charge on any atom is -0.496 e.